The monoisotopic (exact) mass is 429 g/mol. The summed E-state index contributed by atoms with van der Waals surface area (Å²) < 4.78 is 5.41. The van der Waals surface area contributed by atoms with Crippen LogP contribution in [0, 0.1) is 11.3 Å². The Morgan fingerprint density at radius 2 is 1.65 bits per heavy atom. The van der Waals surface area contributed by atoms with Gasteiger partial charge in [0.2, 0.25) is 0 Å². The van der Waals surface area contributed by atoms with Gasteiger partial charge in [0.25, 0.3) is 5.91 Å². The lowest BCUT2D eigenvalue weighted by Gasteiger charge is -2.28. The van der Waals surface area contributed by atoms with Gasteiger partial charge in [-0.3, -0.25) is 4.79 Å². The van der Waals surface area contributed by atoms with Gasteiger partial charge in [0.15, 0.2) is 0 Å². The molecular formula is C25H23N3O2S. The zero-order valence-corrected chi connectivity index (χ0v) is 17.9. The minimum atomic E-state index is -0.130. The predicted molar refractivity (Wildman–Crippen MR) is 122 cm³/mol. The number of hydrogen-bond donors (Lipinski definition) is 1. The molecule has 0 aliphatic carbocycles. The normalized spacial score (nSPS) is 13.5. The molecule has 0 spiro atoms. The molecule has 1 saturated heterocycles. The maximum atomic E-state index is 12.9. The van der Waals surface area contributed by atoms with Crippen molar-refractivity contribution < 1.29 is 9.53 Å². The third-order valence-electron chi connectivity index (χ3n) is 5.12. The van der Waals surface area contributed by atoms with Crippen LogP contribution in [-0.4, -0.2) is 32.2 Å². The fourth-order valence-electron chi connectivity index (χ4n) is 3.43. The third kappa shape index (κ3) is 5.26. The van der Waals surface area contributed by atoms with Crippen LogP contribution >= 0.6 is 11.8 Å². The van der Waals surface area contributed by atoms with E-state index in [9.17, 15) is 10.1 Å². The molecule has 6 heteroatoms. The fourth-order valence-corrected chi connectivity index (χ4v) is 4.46. The van der Waals surface area contributed by atoms with E-state index in [1.54, 1.807) is 6.07 Å². The summed E-state index contributed by atoms with van der Waals surface area (Å²) in [6, 6.07) is 25.4. The van der Waals surface area contributed by atoms with Crippen molar-refractivity contribution in [1.82, 2.24) is 5.32 Å². The number of carbonyl (C=O) groups is 1. The van der Waals surface area contributed by atoms with Crippen LogP contribution < -0.4 is 10.2 Å². The average molecular weight is 430 g/mol. The van der Waals surface area contributed by atoms with Gasteiger partial charge in [-0.1, -0.05) is 48.2 Å². The van der Waals surface area contributed by atoms with Gasteiger partial charge >= 0.3 is 0 Å². The molecule has 0 bridgehead atoms. The highest BCUT2D eigenvalue weighted by molar-refractivity contribution is 7.99. The van der Waals surface area contributed by atoms with Crippen molar-refractivity contribution in [2.75, 3.05) is 31.2 Å². The number of nitrogens with zero attached hydrogens (tertiary/aromatic N) is 2. The van der Waals surface area contributed by atoms with E-state index in [4.69, 9.17) is 4.74 Å². The van der Waals surface area contributed by atoms with Crippen molar-refractivity contribution in [1.29, 1.82) is 5.26 Å². The summed E-state index contributed by atoms with van der Waals surface area (Å²) in [5, 5.41) is 12.4. The molecule has 156 valence electrons. The van der Waals surface area contributed by atoms with Gasteiger partial charge < -0.3 is 15.0 Å². The van der Waals surface area contributed by atoms with Crippen molar-refractivity contribution in [3.8, 4) is 6.07 Å². The lowest BCUT2D eigenvalue weighted by Crippen LogP contribution is -2.36. The minimum absolute atomic E-state index is 0.130. The predicted octanol–water partition coefficient (Wildman–Crippen LogP) is 4.48. The molecule has 0 radical (unpaired) electrons. The van der Waals surface area contributed by atoms with Crippen molar-refractivity contribution >= 4 is 23.4 Å². The Morgan fingerprint density at radius 3 is 2.39 bits per heavy atom. The van der Waals surface area contributed by atoms with Gasteiger partial charge in [0.05, 0.1) is 24.3 Å². The Hall–Kier alpha value is -3.27. The van der Waals surface area contributed by atoms with Crippen LogP contribution in [0.25, 0.3) is 0 Å². The van der Waals surface area contributed by atoms with E-state index < -0.39 is 0 Å². The van der Waals surface area contributed by atoms with E-state index in [1.165, 1.54) is 17.4 Å². The Balaban J connectivity index is 1.42. The fraction of sp³-hybridized carbons (Fsp3) is 0.200. The summed E-state index contributed by atoms with van der Waals surface area (Å²) in [4.78, 5) is 16.9. The molecule has 4 rings (SSSR count). The molecule has 0 aromatic heterocycles. The number of nitriles is 1. The van der Waals surface area contributed by atoms with Gasteiger partial charge in [-0.2, -0.15) is 5.26 Å². The second kappa shape index (κ2) is 10.2. The molecule has 0 unspecified atom stereocenters. The SMILES string of the molecule is N#Cc1ccccc1Sc1ccccc1C(=O)NCc1ccc(N2CCOCC2)cc1. The first kappa shape index (κ1) is 21.0. The number of anilines is 1. The molecule has 1 aliphatic rings. The standard InChI is InChI=1S/C25H23N3O2S/c26-17-20-5-1-3-7-23(20)31-24-8-4-2-6-22(24)25(29)27-18-19-9-11-21(12-10-19)28-13-15-30-16-14-28/h1-12H,13-16,18H2,(H,27,29). The van der Waals surface area contributed by atoms with E-state index in [1.807, 2.05) is 42.5 Å². The number of benzene rings is 3. The van der Waals surface area contributed by atoms with Gasteiger partial charge in [0.1, 0.15) is 6.07 Å². The van der Waals surface area contributed by atoms with Gasteiger partial charge in [0, 0.05) is 35.1 Å². The van der Waals surface area contributed by atoms with Crippen LogP contribution in [0.15, 0.2) is 82.6 Å². The highest BCUT2D eigenvalue weighted by Gasteiger charge is 2.14. The number of hydrogen-bond acceptors (Lipinski definition) is 5. The largest absolute Gasteiger partial charge is 0.378 e. The summed E-state index contributed by atoms with van der Waals surface area (Å²) in [5.41, 5.74) is 3.43. The van der Waals surface area contributed by atoms with Crippen LogP contribution in [0.3, 0.4) is 0 Å². The van der Waals surface area contributed by atoms with Crippen molar-refractivity contribution in [3.63, 3.8) is 0 Å². The van der Waals surface area contributed by atoms with Gasteiger partial charge in [-0.05, 0) is 42.0 Å². The lowest BCUT2D eigenvalue weighted by molar-refractivity contribution is 0.0948. The third-order valence-corrected chi connectivity index (χ3v) is 6.28. The van der Waals surface area contributed by atoms with E-state index in [0.717, 1.165) is 41.7 Å². The van der Waals surface area contributed by atoms with E-state index >= 15 is 0 Å². The maximum Gasteiger partial charge on any atom is 0.252 e. The summed E-state index contributed by atoms with van der Waals surface area (Å²) in [7, 11) is 0. The quantitative estimate of drug-likeness (QED) is 0.626. The second-order valence-electron chi connectivity index (χ2n) is 7.15. The molecule has 3 aromatic rings. The van der Waals surface area contributed by atoms with Gasteiger partial charge in [-0.15, -0.1) is 0 Å². The molecule has 1 fully saturated rings. The Bertz CT molecular complexity index is 1090. The lowest BCUT2D eigenvalue weighted by atomic mass is 10.1. The van der Waals surface area contributed by atoms with Crippen molar-refractivity contribution in [3.05, 3.63) is 89.5 Å². The first-order valence-electron chi connectivity index (χ1n) is 10.2. The van der Waals surface area contributed by atoms with Crippen LogP contribution in [-0.2, 0) is 11.3 Å². The molecule has 3 aromatic carbocycles. The smallest absolute Gasteiger partial charge is 0.252 e. The molecule has 1 amide bonds. The topological polar surface area (TPSA) is 65.4 Å². The summed E-state index contributed by atoms with van der Waals surface area (Å²) in [6.07, 6.45) is 0. The molecule has 1 N–H and O–H groups in total. The molecule has 0 saturated carbocycles. The molecule has 1 heterocycles. The Labute approximate surface area is 186 Å². The first-order chi connectivity index (χ1) is 15.2. The zero-order valence-electron chi connectivity index (χ0n) is 17.1. The van der Waals surface area contributed by atoms with Crippen LogP contribution in [0.2, 0.25) is 0 Å². The Kier molecular flexibility index (Phi) is 6.88. The second-order valence-corrected chi connectivity index (χ2v) is 8.24. The number of morpholine rings is 1. The van der Waals surface area contributed by atoms with Gasteiger partial charge in [-0.25, -0.2) is 0 Å². The Morgan fingerprint density at radius 1 is 0.968 bits per heavy atom. The molecule has 0 atom stereocenters. The zero-order chi connectivity index (χ0) is 21.5. The highest BCUT2D eigenvalue weighted by atomic mass is 32.2. The van der Waals surface area contributed by atoms with Crippen molar-refractivity contribution in [2.45, 2.75) is 16.3 Å². The summed E-state index contributed by atoms with van der Waals surface area (Å²) in [5.74, 6) is -0.130. The van der Waals surface area contributed by atoms with E-state index in [2.05, 4.69) is 40.6 Å². The summed E-state index contributed by atoms with van der Waals surface area (Å²) in [6.45, 7) is 3.77. The maximum absolute atomic E-state index is 12.9. The van der Waals surface area contributed by atoms with E-state index in [0.29, 0.717) is 17.7 Å². The highest BCUT2D eigenvalue weighted by Crippen LogP contribution is 2.32. The molecule has 5 nitrogen and oxygen atoms in total. The average Bonchev–Trinajstić information content (AvgIpc) is 2.84. The molecule has 1 aliphatic heterocycles. The van der Waals surface area contributed by atoms with Crippen molar-refractivity contribution in [2.24, 2.45) is 0 Å². The number of rotatable bonds is 6. The number of amides is 1. The summed E-state index contributed by atoms with van der Waals surface area (Å²) >= 11 is 1.43. The molecular weight excluding hydrogens is 406 g/mol. The number of carbonyl (C=O) groups excluding carboxylic acids is 1. The molecule has 31 heavy (non-hydrogen) atoms. The van der Waals surface area contributed by atoms with Crippen LogP contribution in [0.4, 0.5) is 5.69 Å². The minimum Gasteiger partial charge on any atom is -0.378 e. The van der Waals surface area contributed by atoms with Crippen LogP contribution in [0.5, 0.6) is 0 Å². The van der Waals surface area contributed by atoms with E-state index in [-0.39, 0.29) is 5.91 Å². The number of nitrogens with one attached hydrogen (secondary N) is 1. The number of ether oxygens (including phenoxy) is 1. The first-order valence-corrected chi connectivity index (χ1v) is 11.0. The van der Waals surface area contributed by atoms with Crippen LogP contribution in [0.1, 0.15) is 21.5 Å².